The number of ether oxygens (including phenoxy) is 4. The lowest BCUT2D eigenvalue weighted by Gasteiger charge is -2.24. The number of carbonyl (C=O) groups excluding carboxylic acids is 2. The molecule has 1 N–H and O–H groups in total. The zero-order valence-electron chi connectivity index (χ0n) is 17.0. The predicted molar refractivity (Wildman–Crippen MR) is 107 cm³/mol. The van der Waals surface area contributed by atoms with Crippen LogP contribution in [-0.4, -0.2) is 38.8 Å². The van der Waals surface area contributed by atoms with Gasteiger partial charge in [0.15, 0.2) is 11.5 Å². The smallest absolute Gasteiger partial charge is 0.308 e. The Balaban J connectivity index is 2.10. The molecule has 154 valence electrons. The van der Waals surface area contributed by atoms with E-state index in [0.717, 1.165) is 11.1 Å². The van der Waals surface area contributed by atoms with Crippen molar-refractivity contribution in [1.82, 2.24) is 0 Å². The first kappa shape index (κ1) is 20.7. The number of hydrogen-bond donors (Lipinski definition) is 1. The highest BCUT2D eigenvalue weighted by molar-refractivity contribution is 5.97. The summed E-state index contributed by atoms with van der Waals surface area (Å²) in [4.78, 5) is 24.8. The maximum absolute atomic E-state index is 12.8. The largest absolute Gasteiger partial charge is 0.493 e. The minimum Gasteiger partial charge on any atom is -0.493 e. The lowest BCUT2D eigenvalue weighted by Crippen LogP contribution is -2.32. The molecule has 7 nitrogen and oxygen atoms in total. The Labute approximate surface area is 169 Å². The topological polar surface area (TPSA) is 83.1 Å². The molecule has 3 rings (SSSR count). The monoisotopic (exact) mass is 399 g/mol. The molecule has 29 heavy (non-hydrogen) atoms. The van der Waals surface area contributed by atoms with E-state index in [-0.39, 0.29) is 13.0 Å². The number of rotatable bonds is 6. The van der Waals surface area contributed by atoms with Gasteiger partial charge in [-0.25, -0.2) is 0 Å². The van der Waals surface area contributed by atoms with Gasteiger partial charge in [0.1, 0.15) is 12.2 Å². The number of anilines is 1. The van der Waals surface area contributed by atoms with Crippen molar-refractivity contribution in [3.8, 4) is 11.5 Å². The average molecular weight is 399 g/mol. The van der Waals surface area contributed by atoms with Crippen LogP contribution in [0.3, 0.4) is 0 Å². The Morgan fingerprint density at radius 1 is 1.14 bits per heavy atom. The highest BCUT2D eigenvalue weighted by Gasteiger charge is 2.35. The fourth-order valence-corrected chi connectivity index (χ4v) is 3.40. The standard InChI is InChI=1S/C22H25NO6/c1-5-28-19(24)12-18-22(25)23-16-10-9-13(2)11-15(16)20(29-18)14-7-6-8-17(26-3)21(14)27-4/h6-11,18,20H,5,12H2,1-4H3,(H,23,25)/t18-,20-/m0/s1. The third kappa shape index (κ3) is 4.35. The molecule has 0 bridgehead atoms. The molecular weight excluding hydrogens is 374 g/mol. The van der Waals surface area contributed by atoms with Crippen LogP contribution in [0.25, 0.3) is 0 Å². The number of hydrogen-bond acceptors (Lipinski definition) is 6. The lowest BCUT2D eigenvalue weighted by molar-refractivity contribution is -0.150. The van der Waals surface area contributed by atoms with Crippen molar-refractivity contribution >= 4 is 17.6 Å². The Kier molecular flexibility index (Phi) is 6.39. The van der Waals surface area contributed by atoms with Crippen LogP contribution in [0.5, 0.6) is 11.5 Å². The first-order valence-corrected chi connectivity index (χ1v) is 9.41. The molecule has 1 heterocycles. The summed E-state index contributed by atoms with van der Waals surface area (Å²) in [5.74, 6) is 0.170. The molecule has 0 aromatic heterocycles. The number of esters is 1. The molecule has 2 aromatic carbocycles. The van der Waals surface area contributed by atoms with E-state index in [2.05, 4.69) is 5.32 Å². The zero-order valence-corrected chi connectivity index (χ0v) is 17.0. The highest BCUT2D eigenvalue weighted by Crippen LogP contribution is 2.43. The third-order valence-corrected chi connectivity index (χ3v) is 4.71. The molecule has 0 unspecified atom stereocenters. The van der Waals surface area contributed by atoms with Gasteiger partial charge in [0.25, 0.3) is 5.91 Å². The van der Waals surface area contributed by atoms with Crippen LogP contribution in [0.15, 0.2) is 36.4 Å². The van der Waals surface area contributed by atoms with E-state index in [0.29, 0.717) is 22.7 Å². The first-order valence-electron chi connectivity index (χ1n) is 9.41. The number of carbonyl (C=O) groups is 2. The fraction of sp³-hybridized carbons (Fsp3) is 0.364. The van der Waals surface area contributed by atoms with Crippen molar-refractivity contribution in [3.63, 3.8) is 0 Å². The van der Waals surface area contributed by atoms with E-state index >= 15 is 0 Å². The number of amides is 1. The van der Waals surface area contributed by atoms with E-state index in [1.807, 2.05) is 37.3 Å². The van der Waals surface area contributed by atoms with Crippen molar-refractivity contribution in [2.75, 3.05) is 26.1 Å². The van der Waals surface area contributed by atoms with Crippen LogP contribution >= 0.6 is 0 Å². The fourth-order valence-electron chi connectivity index (χ4n) is 3.40. The van der Waals surface area contributed by atoms with Gasteiger partial charge in [-0.3, -0.25) is 9.59 Å². The number of methoxy groups -OCH3 is 2. The maximum atomic E-state index is 12.8. The molecule has 0 saturated carbocycles. The minimum absolute atomic E-state index is 0.185. The van der Waals surface area contributed by atoms with Crippen LogP contribution in [-0.2, 0) is 19.1 Å². The van der Waals surface area contributed by atoms with Gasteiger partial charge in [-0.2, -0.15) is 0 Å². The van der Waals surface area contributed by atoms with Gasteiger partial charge in [-0.1, -0.05) is 29.8 Å². The minimum atomic E-state index is -1.01. The van der Waals surface area contributed by atoms with Gasteiger partial charge in [-0.15, -0.1) is 0 Å². The van der Waals surface area contributed by atoms with Crippen molar-refractivity contribution in [2.24, 2.45) is 0 Å². The molecule has 2 atom stereocenters. The number of para-hydroxylation sites is 1. The number of nitrogens with one attached hydrogen (secondary N) is 1. The van der Waals surface area contributed by atoms with Crippen LogP contribution in [0.2, 0.25) is 0 Å². The van der Waals surface area contributed by atoms with Crippen LogP contribution in [0.1, 0.15) is 36.1 Å². The molecule has 2 aromatic rings. The SMILES string of the molecule is CCOC(=O)C[C@@H]1O[C@@H](c2cccc(OC)c2OC)c2cc(C)ccc2NC1=O. The predicted octanol–water partition coefficient (Wildman–Crippen LogP) is 3.39. The normalized spacial score (nSPS) is 18.3. The molecule has 1 amide bonds. The van der Waals surface area contributed by atoms with Crippen molar-refractivity contribution in [3.05, 3.63) is 53.1 Å². The molecular formula is C22H25NO6. The van der Waals surface area contributed by atoms with E-state index in [1.165, 1.54) is 0 Å². The molecule has 0 spiro atoms. The molecule has 0 aliphatic carbocycles. The second kappa shape index (κ2) is 8.96. The first-order chi connectivity index (χ1) is 14.0. The summed E-state index contributed by atoms with van der Waals surface area (Å²) < 4.78 is 22.2. The van der Waals surface area contributed by atoms with Crippen molar-refractivity contribution < 1.29 is 28.5 Å². The van der Waals surface area contributed by atoms with Gasteiger partial charge >= 0.3 is 5.97 Å². The van der Waals surface area contributed by atoms with Crippen molar-refractivity contribution in [2.45, 2.75) is 32.5 Å². The summed E-state index contributed by atoms with van der Waals surface area (Å²) in [6.45, 7) is 3.91. The van der Waals surface area contributed by atoms with E-state index in [4.69, 9.17) is 18.9 Å². The van der Waals surface area contributed by atoms with Gasteiger partial charge in [0.05, 0.1) is 27.2 Å². The van der Waals surface area contributed by atoms with Crippen LogP contribution in [0, 0.1) is 6.92 Å². The Hall–Kier alpha value is -3.06. The summed E-state index contributed by atoms with van der Waals surface area (Å²) in [6.07, 6.45) is -1.84. The molecule has 1 aliphatic rings. The molecule has 1 aliphatic heterocycles. The van der Waals surface area contributed by atoms with Crippen LogP contribution < -0.4 is 14.8 Å². The van der Waals surface area contributed by atoms with E-state index in [9.17, 15) is 9.59 Å². The summed E-state index contributed by atoms with van der Waals surface area (Å²) in [5, 5.41) is 2.87. The van der Waals surface area contributed by atoms with Gasteiger partial charge in [-0.05, 0) is 26.0 Å². The molecule has 0 saturated heterocycles. The summed E-state index contributed by atoms with van der Waals surface area (Å²) in [7, 11) is 3.11. The van der Waals surface area contributed by atoms with Crippen molar-refractivity contribution in [1.29, 1.82) is 0 Å². The van der Waals surface area contributed by atoms with E-state index < -0.39 is 24.1 Å². The second-order valence-electron chi connectivity index (χ2n) is 6.68. The van der Waals surface area contributed by atoms with Gasteiger partial charge in [0.2, 0.25) is 0 Å². The zero-order chi connectivity index (χ0) is 21.0. The average Bonchev–Trinajstić information content (AvgIpc) is 2.84. The summed E-state index contributed by atoms with van der Waals surface area (Å²) in [5.41, 5.74) is 3.11. The molecule has 0 fully saturated rings. The lowest BCUT2D eigenvalue weighted by atomic mass is 9.97. The van der Waals surface area contributed by atoms with E-state index in [1.54, 1.807) is 27.2 Å². The second-order valence-corrected chi connectivity index (χ2v) is 6.68. The number of fused-ring (bicyclic) bond motifs is 1. The Morgan fingerprint density at radius 3 is 2.62 bits per heavy atom. The highest BCUT2D eigenvalue weighted by atomic mass is 16.5. The van der Waals surface area contributed by atoms with Gasteiger partial charge in [0, 0.05) is 16.8 Å². The number of aryl methyl sites for hydroxylation is 1. The van der Waals surface area contributed by atoms with Crippen LogP contribution in [0.4, 0.5) is 5.69 Å². The Bertz CT molecular complexity index is 910. The summed E-state index contributed by atoms with van der Waals surface area (Å²) >= 11 is 0. The molecule has 0 radical (unpaired) electrons. The third-order valence-electron chi connectivity index (χ3n) is 4.71. The maximum Gasteiger partial charge on any atom is 0.308 e. The Morgan fingerprint density at radius 2 is 1.93 bits per heavy atom. The van der Waals surface area contributed by atoms with Gasteiger partial charge < -0.3 is 24.3 Å². The number of benzene rings is 2. The summed E-state index contributed by atoms with van der Waals surface area (Å²) in [6, 6.07) is 11.2. The molecule has 7 heteroatoms. The quantitative estimate of drug-likeness (QED) is 0.750.